The van der Waals surface area contributed by atoms with Crippen molar-refractivity contribution >= 4 is 15.7 Å². The summed E-state index contributed by atoms with van der Waals surface area (Å²) in [5, 5.41) is 0. The highest BCUT2D eigenvalue weighted by molar-refractivity contribution is 7.89. The first kappa shape index (κ1) is 19.5. The van der Waals surface area contributed by atoms with Crippen LogP contribution in [-0.4, -0.2) is 38.0 Å². The first-order chi connectivity index (χ1) is 14.0. The molecule has 0 aliphatic carbocycles. The zero-order valence-corrected chi connectivity index (χ0v) is 16.5. The standard InChI is InChI=1S/C21H21FN4O2S/c22-20-3-1-2-4-21(20)26-10-9-16(14-26)11-25-29(27,28)19-7-5-17(6-8-19)18-12-23-15-24-13-18/h1-8,12-13,15-16,25H,9-11,14H2. The van der Waals surface area contributed by atoms with Gasteiger partial charge in [0.15, 0.2) is 0 Å². The van der Waals surface area contributed by atoms with E-state index in [1.165, 1.54) is 12.4 Å². The van der Waals surface area contributed by atoms with E-state index in [-0.39, 0.29) is 16.6 Å². The molecule has 0 saturated carbocycles. The van der Waals surface area contributed by atoms with Crippen molar-refractivity contribution < 1.29 is 12.8 Å². The van der Waals surface area contributed by atoms with E-state index in [1.807, 2.05) is 4.90 Å². The molecule has 0 amide bonds. The molecule has 1 unspecified atom stereocenters. The number of nitrogens with zero attached hydrogens (tertiary/aromatic N) is 3. The van der Waals surface area contributed by atoms with E-state index in [0.717, 1.165) is 17.5 Å². The summed E-state index contributed by atoms with van der Waals surface area (Å²) in [6, 6.07) is 13.3. The topological polar surface area (TPSA) is 75.2 Å². The van der Waals surface area contributed by atoms with Gasteiger partial charge in [0, 0.05) is 37.6 Å². The van der Waals surface area contributed by atoms with E-state index >= 15 is 0 Å². The van der Waals surface area contributed by atoms with E-state index in [4.69, 9.17) is 0 Å². The third kappa shape index (κ3) is 4.44. The third-order valence-corrected chi connectivity index (χ3v) is 6.54. The normalized spacial score (nSPS) is 16.9. The Morgan fingerprint density at radius 1 is 1.03 bits per heavy atom. The SMILES string of the molecule is O=S(=O)(NCC1CCN(c2ccccc2F)C1)c1ccc(-c2cncnc2)cc1. The number of nitrogens with one attached hydrogen (secondary N) is 1. The molecular weight excluding hydrogens is 391 g/mol. The monoisotopic (exact) mass is 412 g/mol. The predicted molar refractivity (Wildman–Crippen MR) is 109 cm³/mol. The summed E-state index contributed by atoms with van der Waals surface area (Å²) < 4.78 is 41.9. The number of hydrogen-bond donors (Lipinski definition) is 1. The fourth-order valence-corrected chi connectivity index (χ4v) is 4.63. The molecule has 29 heavy (non-hydrogen) atoms. The van der Waals surface area contributed by atoms with Crippen LogP contribution in [0.1, 0.15) is 6.42 Å². The van der Waals surface area contributed by atoms with Crippen molar-refractivity contribution in [1.29, 1.82) is 0 Å². The molecule has 0 radical (unpaired) electrons. The Balaban J connectivity index is 1.38. The smallest absolute Gasteiger partial charge is 0.240 e. The number of benzene rings is 2. The van der Waals surface area contributed by atoms with Crippen LogP contribution in [0.15, 0.2) is 72.1 Å². The number of sulfonamides is 1. The van der Waals surface area contributed by atoms with Gasteiger partial charge in [0.25, 0.3) is 0 Å². The lowest BCUT2D eigenvalue weighted by atomic mass is 10.1. The van der Waals surface area contributed by atoms with Crippen molar-refractivity contribution in [2.24, 2.45) is 5.92 Å². The van der Waals surface area contributed by atoms with Crippen molar-refractivity contribution in [2.45, 2.75) is 11.3 Å². The van der Waals surface area contributed by atoms with Crippen molar-refractivity contribution in [3.63, 3.8) is 0 Å². The minimum atomic E-state index is -3.61. The van der Waals surface area contributed by atoms with Crippen LogP contribution in [0.3, 0.4) is 0 Å². The lowest BCUT2D eigenvalue weighted by Crippen LogP contribution is -2.31. The molecule has 1 aliphatic heterocycles. The molecule has 3 aromatic rings. The molecule has 4 rings (SSSR count). The van der Waals surface area contributed by atoms with Gasteiger partial charge in [-0.3, -0.25) is 0 Å². The summed E-state index contributed by atoms with van der Waals surface area (Å²) >= 11 is 0. The highest BCUT2D eigenvalue weighted by Gasteiger charge is 2.26. The highest BCUT2D eigenvalue weighted by atomic mass is 32.2. The molecule has 6 nitrogen and oxygen atoms in total. The molecule has 1 N–H and O–H groups in total. The van der Waals surface area contributed by atoms with Crippen LogP contribution in [0.5, 0.6) is 0 Å². The molecule has 0 bridgehead atoms. The Labute approximate surface area is 169 Å². The lowest BCUT2D eigenvalue weighted by molar-refractivity contribution is 0.541. The minimum absolute atomic E-state index is 0.130. The summed E-state index contributed by atoms with van der Waals surface area (Å²) in [5.74, 6) is -0.122. The fourth-order valence-electron chi connectivity index (χ4n) is 3.51. The summed E-state index contributed by atoms with van der Waals surface area (Å²) in [4.78, 5) is 10.1. The number of halogens is 1. The van der Waals surface area contributed by atoms with Crippen LogP contribution < -0.4 is 9.62 Å². The predicted octanol–water partition coefficient (Wildman–Crippen LogP) is 3.09. The molecule has 1 atom stereocenters. The maximum absolute atomic E-state index is 14.0. The number of aromatic nitrogens is 2. The molecular formula is C21H21FN4O2S. The van der Waals surface area contributed by atoms with Crippen LogP contribution in [-0.2, 0) is 10.0 Å². The number of hydrogen-bond acceptors (Lipinski definition) is 5. The van der Waals surface area contributed by atoms with E-state index in [9.17, 15) is 12.8 Å². The van der Waals surface area contributed by atoms with E-state index in [2.05, 4.69) is 14.7 Å². The maximum atomic E-state index is 14.0. The molecule has 150 valence electrons. The van der Waals surface area contributed by atoms with Crippen molar-refractivity contribution in [3.8, 4) is 11.1 Å². The largest absolute Gasteiger partial charge is 0.369 e. The zero-order chi connectivity index (χ0) is 20.3. The Morgan fingerprint density at radius 3 is 2.48 bits per heavy atom. The Hall–Kier alpha value is -2.84. The van der Waals surface area contributed by atoms with E-state index < -0.39 is 10.0 Å². The molecule has 1 fully saturated rings. The molecule has 2 heterocycles. The Morgan fingerprint density at radius 2 is 1.76 bits per heavy atom. The van der Waals surface area contributed by atoms with Gasteiger partial charge in [-0.1, -0.05) is 24.3 Å². The van der Waals surface area contributed by atoms with E-state index in [1.54, 1.807) is 54.9 Å². The molecule has 0 spiro atoms. The zero-order valence-electron chi connectivity index (χ0n) is 15.7. The van der Waals surface area contributed by atoms with Crippen LogP contribution in [0.4, 0.5) is 10.1 Å². The first-order valence-corrected chi connectivity index (χ1v) is 10.9. The van der Waals surface area contributed by atoms with Gasteiger partial charge in [0.05, 0.1) is 10.6 Å². The number of rotatable bonds is 6. The Kier molecular flexibility index (Phi) is 5.55. The quantitative estimate of drug-likeness (QED) is 0.673. The molecule has 1 aliphatic rings. The van der Waals surface area contributed by atoms with Gasteiger partial charge in [0.1, 0.15) is 12.1 Å². The van der Waals surface area contributed by atoms with Gasteiger partial charge in [0.2, 0.25) is 10.0 Å². The summed E-state index contributed by atoms with van der Waals surface area (Å²) in [5.41, 5.74) is 2.24. The second-order valence-electron chi connectivity index (χ2n) is 7.06. The molecule has 2 aromatic carbocycles. The van der Waals surface area contributed by atoms with E-state index in [0.29, 0.717) is 25.3 Å². The van der Waals surface area contributed by atoms with Crippen LogP contribution >= 0.6 is 0 Å². The summed E-state index contributed by atoms with van der Waals surface area (Å²) in [6.45, 7) is 1.65. The van der Waals surface area contributed by atoms with Crippen LogP contribution in [0.2, 0.25) is 0 Å². The summed E-state index contributed by atoms with van der Waals surface area (Å²) in [7, 11) is -3.61. The molecule has 1 saturated heterocycles. The summed E-state index contributed by atoms with van der Waals surface area (Å²) in [6.07, 6.45) is 5.61. The van der Waals surface area contributed by atoms with Gasteiger partial charge in [-0.15, -0.1) is 0 Å². The average Bonchev–Trinajstić information content (AvgIpc) is 3.22. The number of para-hydroxylation sites is 1. The van der Waals surface area contributed by atoms with Gasteiger partial charge < -0.3 is 4.90 Å². The maximum Gasteiger partial charge on any atom is 0.240 e. The third-order valence-electron chi connectivity index (χ3n) is 5.10. The van der Waals surface area contributed by atoms with Gasteiger partial charge in [-0.25, -0.2) is 27.5 Å². The second-order valence-corrected chi connectivity index (χ2v) is 8.82. The van der Waals surface area contributed by atoms with Crippen molar-refractivity contribution in [1.82, 2.24) is 14.7 Å². The van der Waals surface area contributed by atoms with Gasteiger partial charge >= 0.3 is 0 Å². The second kappa shape index (κ2) is 8.26. The first-order valence-electron chi connectivity index (χ1n) is 9.37. The van der Waals surface area contributed by atoms with Crippen LogP contribution in [0.25, 0.3) is 11.1 Å². The average molecular weight is 412 g/mol. The Bertz CT molecular complexity index is 1080. The minimum Gasteiger partial charge on any atom is -0.369 e. The molecule has 1 aromatic heterocycles. The van der Waals surface area contributed by atoms with Crippen molar-refractivity contribution in [2.75, 3.05) is 24.5 Å². The number of anilines is 1. The van der Waals surface area contributed by atoms with Crippen molar-refractivity contribution in [3.05, 3.63) is 73.1 Å². The molecule has 8 heteroatoms. The van der Waals surface area contributed by atoms with Crippen LogP contribution in [0, 0.1) is 11.7 Å². The highest BCUT2D eigenvalue weighted by Crippen LogP contribution is 2.26. The fraction of sp³-hybridized carbons (Fsp3) is 0.238. The van der Waals surface area contributed by atoms with Gasteiger partial charge in [-0.05, 0) is 42.2 Å². The lowest BCUT2D eigenvalue weighted by Gasteiger charge is -2.19. The van der Waals surface area contributed by atoms with Gasteiger partial charge in [-0.2, -0.15) is 0 Å².